The predicted octanol–water partition coefficient (Wildman–Crippen LogP) is 2.38. The zero-order valence-electron chi connectivity index (χ0n) is 14.9. The minimum atomic E-state index is -0.724. The Bertz CT molecular complexity index is 857. The molecular formula is C18H21N3O4S. The average Bonchev–Trinajstić information content (AvgIpc) is 3.18. The molecule has 8 heteroatoms. The lowest BCUT2D eigenvalue weighted by molar-refractivity contribution is -0.163. The van der Waals surface area contributed by atoms with Crippen molar-refractivity contribution >= 4 is 39.3 Å². The molecule has 4 heterocycles. The molecular weight excluding hydrogens is 354 g/mol. The SMILES string of the molecule is Cc1sc2ncnc(N3CCC(C(=O)O[C@@H]4CCOC4=O)CC3)c2c1C. The van der Waals surface area contributed by atoms with Crippen molar-refractivity contribution in [3.8, 4) is 0 Å². The Morgan fingerprint density at radius 3 is 2.73 bits per heavy atom. The molecule has 138 valence electrons. The molecule has 0 radical (unpaired) electrons. The van der Waals surface area contributed by atoms with Crippen molar-refractivity contribution < 1.29 is 19.1 Å². The number of hydrogen-bond donors (Lipinski definition) is 0. The summed E-state index contributed by atoms with van der Waals surface area (Å²) in [4.78, 5) is 37.2. The van der Waals surface area contributed by atoms with E-state index in [1.54, 1.807) is 17.7 Å². The summed E-state index contributed by atoms with van der Waals surface area (Å²) >= 11 is 1.68. The predicted molar refractivity (Wildman–Crippen MR) is 97.3 cm³/mol. The first kappa shape index (κ1) is 17.2. The summed E-state index contributed by atoms with van der Waals surface area (Å²) in [5.74, 6) is 0.0525. The van der Waals surface area contributed by atoms with E-state index in [2.05, 4.69) is 28.7 Å². The molecule has 26 heavy (non-hydrogen) atoms. The molecule has 0 saturated carbocycles. The number of ether oxygens (including phenoxy) is 2. The lowest BCUT2D eigenvalue weighted by atomic mass is 9.96. The molecule has 0 amide bonds. The molecule has 0 aromatic carbocycles. The maximum Gasteiger partial charge on any atom is 0.347 e. The summed E-state index contributed by atoms with van der Waals surface area (Å²) in [6.07, 6.45) is 2.72. The van der Waals surface area contributed by atoms with Crippen molar-refractivity contribution in [2.45, 2.75) is 39.2 Å². The second kappa shape index (κ2) is 6.83. The lowest BCUT2D eigenvalue weighted by Gasteiger charge is -2.32. The zero-order chi connectivity index (χ0) is 18.3. The second-order valence-corrected chi connectivity index (χ2v) is 8.01. The van der Waals surface area contributed by atoms with Crippen molar-refractivity contribution in [3.05, 3.63) is 16.8 Å². The molecule has 2 aromatic rings. The number of carbonyl (C=O) groups is 2. The number of cyclic esters (lactones) is 1. The van der Waals surface area contributed by atoms with E-state index in [-0.39, 0.29) is 11.9 Å². The Balaban J connectivity index is 1.44. The van der Waals surface area contributed by atoms with Gasteiger partial charge in [-0.1, -0.05) is 0 Å². The van der Waals surface area contributed by atoms with Gasteiger partial charge in [-0.15, -0.1) is 11.3 Å². The number of nitrogens with zero attached hydrogens (tertiary/aromatic N) is 3. The fourth-order valence-corrected chi connectivity index (χ4v) is 4.54. The zero-order valence-corrected chi connectivity index (χ0v) is 15.7. The van der Waals surface area contributed by atoms with Crippen molar-refractivity contribution in [1.82, 2.24) is 9.97 Å². The Labute approximate surface area is 155 Å². The van der Waals surface area contributed by atoms with Gasteiger partial charge < -0.3 is 14.4 Å². The van der Waals surface area contributed by atoms with Crippen LogP contribution in [0.4, 0.5) is 5.82 Å². The number of thiophene rings is 1. The summed E-state index contributed by atoms with van der Waals surface area (Å²) in [5, 5.41) is 1.12. The van der Waals surface area contributed by atoms with Gasteiger partial charge >= 0.3 is 11.9 Å². The molecule has 7 nitrogen and oxygen atoms in total. The van der Waals surface area contributed by atoms with Gasteiger partial charge in [-0.3, -0.25) is 4.79 Å². The van der Waals surface area contributed by atoms with E-state index in [0.29, 0.717) is 25.9 Å². The molecule has 0 unspecified atom stereocenters. The summed E-state index contributed by atoms with van der Waals surface area (Å²) in [6, 6.07) is 0. The molecule has 2 fully saturated rings. The maximum atomic E-state index is 12.3. The summed E-state index contributed by atoms with van der Waals surface area (Å²) in [5.41, 5.74) is 1.22. The van der Waals surface area contributed by atoms with Crippen molar-refractivity contribution in [1.29, 1.82) is 0 Å². The summed E-state index contributed by atoms with van der Waals surface area (Å²) in [6.45, 7) is 6.00. The number of esters is 2. The topological polar surface area (TPSA) is 81.6 Å². The standard InChI is InChI=1S/C18H21N3O4S/c1-10-11(2)26-16-14(10)15(19-9-20-16)21-6-3-12(4-7-21)17(22)25-13-5-8-24-18(13)23/h9,12-13H,3-8H2,1-2H3/t13-/m1/s1. The van der Waals surface area contributed by atoms with Gasteiger partial charge in [0.25, 0.3) is 0 Å². The molecule has 0 N–H and O–H groups in total. The van der Waals surface area contributed by atoms with Gasteiger partial charge in [0, 0.05) is 24.4 Å². The number of piperidine rings is 1. The fraction of sp³-hybridized carbons (Fsp3) is 0.556. The van der Waals surface area contributed by atoms with Crippen molar-refractivity contribution in [2.75, 3.05) is 24.6 Å². The molecule has 4 rings (SSSR count). The first-order valence-electron chi connectivity index (χ1n) is 8.87. The van der Waals surface area contributed by atoms with E-state index < -0.39 is 12.1 Å². The Morgan fingerprint density at radius 1 is 1.27 bits per heavy atom. The van der Waals surface area contributed by atoms with Gasteiger partial charge in [0.15, 0.2) is 0 Å². The van der Waals surface area contributed by atoms with Crippen molar-refractivity contribution in [3.63, 3.8) is 0 Å². The molecule has 1 atom stereocenters. The highest BCUT2D eigenvalue weighted by atomic mass is 32.1. The van der Waals surface area contributed by atoms with Gasteiger partial charge in [0.1, 0.15) is 17.0 Å². The number of fused-ring (bicyclic) bond motifs is 1. The van der Waals surface area contributed by atoms with Crippen LogP contribution in [0.3, 0.4) is 0 Å². The highest BCUT2D eigenvalue weighted by Gasteiger charge is 2.34. The van der Waals surface area contributed by atoms with Crippen LogP contribution in [0.1, 0.15) is 29.7 Å². The molecule has 2 aliphatic rings. The van der Waals surface area contributed by atoms with Crippen LogP contribution in [0.15, 0.2) is 6.33 Å². The fourth-order valence-electron chi connectivity index (χ4n) is 3.55. The molecule has 0 bridgehead atoms. The van der Waals surface area contributed by atoms with E-state index in [4.69, 9.17) is 9.47 Å². The van der Waals surface area contributed by atoms with Gasteiger partial charge in [-0.25, -0.2) is 14.8 Å². The first-order chi connectivity index (χ1) is 12.5. The normalized spacial score (nSPS) is 21.2. The Hall–Kier alpha value is -2.22. The van der Waals surface area contributed by atoms with E-state index >= 15 is 0 Å². The van der Waals surface area contributed by atoms with Crippen LogP contribution in [-0.2, 0) is 19.1 Å². The van der Waals surface area contributed by atoms with Crippen LogP contribution in [0, 0.1) is 19.8 Å². The van der Waals surface area contributed by atoms with E-state index in [1.165, 1.54) is 10.4 Å². The summed E-state index contributed by atoms with van der Waals surface area (Å²) < 4.78 is 10.2. The van der Waals surface area contributed by atoms with Crippen LogP contribution >= 0.6 is 11.3 Å². The van der Waals surface area contributed by atoms with Gasteiger partial charge in [0.2, 0.25) is 6.10 Å². The van der Waals surface area contributed by atoms with Crippen LogP contribution in [0.2, 0.25) is 0 Å². The van der Waals surface area contributed by atoms with Crippen LogP contribution < -0.4 is 4.90 Å². The quantitative estimate of drug-likeness (QED) is 0.762. The minimum Gasteiger partial charge on any atom is -0.463 e. The third-order valence-electron chi connectivity index (χ3n) is 5.22. The number of anilines is 1. The Morgan fingerprint density at radius 2 is 2.04 bits per heavy atom. The first-order valence-corrected chi connectivity index (χ1v) is 9.69. The number of hydrogen-bond acceptors (Lipinski definition) is 8. The van der Waals surface area contributed by atoms with Gasteiger partial charge in [-0.2, -0.15) is 0 Å². The van der Waals surface area contributed by atoms with Crippen LogP contribution in [0.25, 0.3) is 10.2 Å². The maximum absolute atomic E-state index is 12.3. The molecule has 2 saturated heterocycles. The highest BCUT2D eigenvalue weighted by molar-refractivity contribution is 7.18. The molecule has 0 spiro atoms. The monoisotopic (exact) mass is 375 g/mol. The molecule has 2 aromatic heterocycles. The van der Waals surface area contributed by atoms with E-state index in [9.17, 15) is 9.59 Å². The van der Waals surface area contributed by atoms with Crippen LogP contribution in [0.5, 0.6) is 0 Å². The number of carbonyl (C=O) groups excluding carboxylic acids is 2. The number of rotatable bonds is 3. The van der Waals surface area contributed by atoms with E-state index in [0.717, 1.165) is 29.1 Å². The smallest absolute Gasteiger partial charge is 0.347 e. The van der Waals surface area contributed by atoms with Crippen LogP contribution in [-0.4, -0.2) is 47.7 Å². The largest absolute Gasteiger partial charge is 0.463 e. The third kappa shape index (κ3) is 3.02. The van der Waals surface area contributed by atoms with Crippen molar-refractivity contribution in [2.24, 2.45) is 5.92 Å². The minimum absolute atomic E-state index is 0.178. The molecule has 2 aliphatic heterocycles. The number of aromatic nitrogens is 2. The molecule has 0 aliphatic carbocycles. The van der Waals surface area contributed by atoms with Gasteiger partial charge in [-0.05, 0) is 32.3 Å². The van der Waals surface area contributed by atoms with E-state index in [1.807, 2.05) is 0 Å². The highest BCUT2D eigenvalue weighted by Crippen LogP contribution is 2.35. The number of aryl methyl sites for hydroxylation is 2. The Kier molecular flexibility index (Phi) is 4.52. The van der Waals surface area contributed by atoms with Gasteiger partial charge in [0.05, 0.1) is 17.9 Å². The summed E-state index contributed by atoms with van der Waals surface area (Å²) in [7, 11) is 0. The third-order valence-corrected chi connectivity index (χ3v) is 6.33. The lowest BCUT2D eigenvalue weighted by Crippen LogP contribution is -2.38. The second-order valence-electron chi connectivity index (χ2n) is 6.80. The average molecular weight is 375 g/mol.